The molecule has 0 atom stereocenters. The maximum absolute atomic E-state index is 5.30. The second kappa shape index (κ2) is 3.75. The third-order valence-electron chi connectivity index (χ3n) is 2.49. The predicted octanol–water partition coefficient (Wildman–Crippen LogP) is 1.53. The number of fused-ring (bicyclic) bond motifs is 1. The van der Waals surface area contributed by atoms with Crippen molar-refractivity contribution in [2.75, 3.05) is 31.2 Å². The van der Waals surface area contributed by atoms with Crippen LogP contribution < -0.4 is 4.90 Å². The van der Waals surface area contributed by atoms with Crippen molar-refractivity contribution < 1.29 is 4.74 Å². The minimum absolute atomic E-state index is 0.769. The van der Waals surface area contributed by atoms with Gasteiger partial charge in [-0.05, 0) is 11.4 Å². The van der Waals surface area contributed by atoms with Gasteiger partial charge < -0.3 is 9.64 Å². The van der Waals surface area contributed by atoms with Gasteiger partial charge in [-0.2, -0.15) is 0 Å². The van der Waals surface area contributed by atoms with Crippen molar-refractivity contribution in [3.05, 3.63) is 17.6 Å². The molecule has 2 aromatic heterocycles. The Bertz CT molecular complexity index is 464. The van der Waals surface area contributed by atoms with Gasteiger partial charge in [0, 0.05) is 13.1 Å². The van der Waals surface area contributed by atoms with E-state index in [9.17, 15) is 0 Å². The number of aromatic nitrogens is 2. The van der Waals surface area contributed by atoms with Crippen molar-refractivity contribution in [1.82, 2.24) is 9.97 Å². The fourth-order valence-corrected chi connectivity index (χ4v) is 2.36. The van der Waals surface area contributed by atoms with Gasteiger partial charge in [0.15, 0.2) is 0 Å². The number of rotatable bonds is 1. The normalized spacial score (nSPS) is 17.2. The summed E-state index contributed by atoms with van der Waals surface area (Å²) in [4.78, 5) is 11.1. The molecule has 0 amide bonds. The Morgan fingerprint density at radius 1 is 1.33 bits per heavy atom. The highest BCUT2D eigenvalue weighted by atomic mass is 32.1. The summed E-state index contributed by atoms with van der Waals surface area (Å²) in [6, 6.07) is 2.03. The second-order valence-electron chi connectivity index (χ2n) is 3.44. The Labute approximate surface area is 91.5 Å². The monoisotopic (exact) mass is 221 g/mol. The molecule has 15 heavy (non-hydrogen) atoms. The maximum atomic E-state index is 5.30. The lowest BCUT2D eigenvalue weighted by atomic mass is 10.4. The summed E-state index contributed by atoms with van der Waals surface area (Å²) in [5.41, 5.74) is 1.04. The Morgan fingerprint density at radius 2 is 2.20 bits per heavy atom. The highest BCUT2D eigenvalue weighted by Gasteiger charge is 2.13. The average Bonchev–Trinajstić information content (AvgIpc) is 2.77. The minimum atomic E-state index is 0.769. The lowest BCUT2D eigenvalue weighted by molar-refractivity contribution is 0.122. The van der Waals surface area contributed by atoms with Crippen molar-refractivity contribution in [3.8, 4) is 0 Å². The van der Waals surface area contributed by atoms with E-state index in [2.05, 4.69) is 14.9 Å². The first kappa shape index (κ1) is 9.06. The van der Waals surface area contributed by atoms with Crippen LogP contribution in [0.25, 0.3) is 10.2 Å². The average molecular weight is 221 g/mol. The molecule has 0 bridgehead atoms. The molecule has 0 radical (unpaired) electrons. The van der Waals surface area contributed by atoms with Crippen LogP contribution in [-0.4, -0.2) is 36.3 Å². The molecule has 4 nitrogen and oxygen atoms in total. The molecule has 0 spiro atoms. The predicted molar refractivity (Wildman–Crippen MR) is 60.4 cm³/mol. The smallest absolute Gasteiger partial charge is 0.226 e. The molecule has 0 aliphatic carbocycles. The zero-order valence-electron chi connectivity index (χ0n) is 8.22. The molecule has 5 heteroatoms. The minimum Gasteiger partial charge on any atom is -0.378 e. The Morgan fingerprint density at radius 3 is 3.07 bits per heavy atom. The van der Waals surface area contributed by atoms with Crippen LogP contribution in [0.3, 0.4) is 0 Å². The van der Waals surface area contributed by atoms with Crippen LogP contribution in [-0.2, 0) is 4.74 Å². The number of hydrogen-bond donors (Lipinski definition) is 0. The van der Waals surface area contributed by atoms with Crippen LogP contribution in [0.5, 0.6) is 0 Å². The van der Waals surface area contributed by atoms with Crippen molar-refractivity contribution in [1.29, 1.82) is 0 Å². The van der Waals surface area contributed by atoms with Gasteiger partial charge in [-0.3, -0.25) is 0 Å². The van der Waals surface area contributed by atoms with Gasteiger partial charge in [0.05, 0.1) is 29.6 Å². The third-order valence-corrected chi connectivity index (χ3v) is 3.33. The van der Waals surface area contributed by atoms with Gasteiger partial charge in [-0.25, -0.2) is 9.97 Å². The quantitative estimate of drug-likeness (QED) is 0.732. The first-order valence-electron chi connectivity index (χ1n) is 4.96. The number of morpholine rings is 1. The van der Waals surface area contributed by atoms with Crippen LogP contribution in [0.15, 0.2) is 17.6 Å². The van der Waals surface area contributed by atoms with E-state index in [0.717, 1.165) is 42.5 Å². The summed E-state index contributed by atoms with van der Waals surface area (Å²) >= 11 is 1.67. The van der Waals surface area contributed by atoms with Crippen LogP contribution in [0.2, 0.25) is 0 Å². The van der Waals surface area contributed by atoms with Gasteiger partial charge in [-0.1, -0.05) is 0 Å². The first-order chi connectivity index (χ1) is 7.43. The van der Waals surface area contributed by atoms with Crippen LogP contribution >= 0.6 is 11.3 Å². The Balaban J connectivity index is 1.95. The molecule has 1 saturated heterocycles. The van der Waals surface area contributed by atoms with E-state index in [1.54, 1.807) is 11.3 Å². The Kier molecular flexibility index (Phi) is 2.26. The van der Waals surface area contributed by atoms with E-state index in [1.165, 1.54) is 0 Å². The Hall–Kier alpha value is -1.20. The van der Waals surface area contributed by atoms with Crippen LogP contribution in [0, 0.1) is 0 Å². The van der Waals surface area contributed by atoms with E-state index >= 15 is 0 Å². The summed E-state index contributed by atoms with van der Waals surface area (Å²) < 4.78 is 6.44. The van der Waals surface area contributed by atoms with E-state index in [-0.39, 0.29) is 0 Å². The summed E-state index contributed by atoms with van der Waals surface area (Å²) in [5, 5.41) is 2.04. The molecule has 1 aliphatic rings. The lowest BCUT2D eigenvalue weighted by Gasteiger charge is -2.26. The molecule has 2 aromatic rings. The number of nitrogens with zero attached hydrogens (tertiary/aromatic N) is 3. The largest absolute Gasteiger partial charge is 0.378 e. The highest BCUT2D eigenvalue weighted by molar-refractivity contribution is 7.17. The summed E-state index contributed by atoms with van der Waals surface area (Å²) in [6.07, 6.45) is 1.90. The number of hydrogen-bond acceptors (Lipinski definition) is 5. The van der Waals surface area contributed by atoms with Gasteiger partial charge in [-0.15, -0.1) is 11.3 Å². The molecule has 0 saturated carbocycles. The van der Waals surface area contributed by atoms with E-state index < -0.39 is 0 Å². The third kappa shape index (κ3) is 1.68. The van der Waals surface area contributed by atoms with Gasteiger partial charge in [0.1, 0.15) is 0 Å². The fraction of sp³-hybridized carbons (Fsp3) is 0.400. The topological polar surface area (TPSA) is 38.2 Å². The number of anilines is 1. The lowest BCUT2D eigenvalue weighted by Crippen LogP contribution is -2.37. The van der Waals surface area contributed by atoms with Crippen molar-refractivity contribution >= 4 is 27.5 Å². The molecule has 3 rings (SSSR count). The molecule has 78 valence electrons. The molecular weight excluding hydrogens is 210 g/mol. The molecule has 1 fully saturated rings. The van der Waals surface area contributed by atoms with Crippen LogP contribution in [0.4, 0.5) is 5.95 Å². The van der Waals surface area contributed by atoms with Crippen molar-refractivity contribution in [2.45, 2.75) is 0 Å². The van der Waals surface area contributed by atoms with Gasteiger partial charge >= 0.3 is 0 Å². The molecule has 0 unspecified atom stereocenters. The van der Waals surface area contributed by atoms with Crippen LogP contribution in [0.1, 0.15) is 0 Å². The SMILES string of the molecule is c1cc2nc(N3CCOCC3)ncc2s1. The molecule has 0 N–H and O–H groups in total. The fourth-order valence-electron chi connectivity index (χ4n) is 1.67. The molecule has 0 aromatic carbocycles. The second-order valence-corrected chi connectivity index (χ2v) is 4.39. The zero-order chi connectivity index (χ0) is 10.1. The molecular formula is C10H11N3OS. The van der Waals surface area contributed by atoms with Gasteiger partial charge in [0.25, 0.3) is 0 Å². The van der Waals surface area contributed by atoms with Gasteiger partial charge in [0.2, 0.25) is 5.95 Å². The summed E-state index contributed by atoms with van der Waals surface area (Å²) in [5.74, 6) is 0.823. The number of thiophene rings is 1. The zero-order valence-corrected chi connectivity index (χ0v) is 9.04. The van der Waals surface area contributed by atoms with Crippen molar-refractivity contribution in [2.24, 2.45) is 0 Å². The molecule has 1 aliphatic heterocycles. The number of ether oxygens (including phenoxy) is 1. The van der Waals surface area contributed by atoms with Crippen molar-refractivity contribution in [3.63, 3.8) is 0 Å². The molecule has 3 heterocycles. The summed E-state index contributed by atoms with van der Waals surface area (Å²) in [7, 11) is 0. The van der Waals surface area contributed by atoms with E-state index in [0.29, 0.717) is 0 Å². The van der Waals surface area contributed by atoms with E-state index in [4.69, 9.17) is 4.74 Å². The van der Waals surface area contributed by atoms with E-state index in [1.807, 2.05) is 17.6 Å². The highest BCUT2D eigenvalue weighted by Crippen LogP contribution is 2.20. The maximum Gasteiger partial charge on any atom is 0.226 e. The standard InChI is InChI=1S/C10H11N3OS/c1-6-15-9-7-11-10(12-8(1)9)13-2-4-14-5-3-13/h1,6-7H,2-5H2. The summed E-state index contributed by atoms with van der Waals surface area (Å²) in [6.45, 7) is 3.31. The first-order valence-corrected chi connectivity index (χ1v) is 5.84.